The van der Waals surface area contributed by atoms with E-state index >= 15 is 0 Å². The lowest BCUT2D eigenvalue weighted by molar-refractivity contribution is 0.0745. The third-order valence-corrected chi connectivity index (χ3v) is 2.89. The maximum Gasteiger partial charge on any atom is 0.253 e. The van der Waals surface area contributed by atoms with Crippen molar-refractivity contribution in [2.45, 2.75) is 20.8 Å². The molecule has 1 amide bonds. The molecule has 0 atom stereocenters. The van der Waals surface area contributed by atoms with Gasteiger partial charge in [0.15, 0.2) is 0 Å². The molecule has 0 spiro atoms. The van der Waals surface area contributed by atoms with E-state index < -0.39 is 0 Å². The number of carbonyl (C=O) groups excluding carboxylic acids is 1. The zero-order valence-corrected chi connectivity index (χ0v) is 13.1. The monoisotopic (exact) mass is 293 g/mol. The summed E-state index contributed by atoms with van der Waals surface area (Å²) < 4.78 is 0. The highest BCUT2D eigenvalue weighted by Gasteiger charge is 2.19. The molecule has 4 heteroatoms. The topological polar surface area (TPSA) is 40.5 Å². The summed E-state index contributed by atoms with van der Waals surface area (Å²) in [5.74, 6) is 5.21. The Hall–Kier alpha value is -1.50. The lowest BCUT2D eigenvalue weighted by Gasteiger charge is -2.26. The van der Waals surface area contributed by atoms with Gasteiger partial charge in [-0.2, -0.15) is 0 Å². The van der Waals surface area contributed by atoms with Crippen molar-refractivity contribution in [2.75, 3.05) is 20.2 Å². The number of hydrogen-bond acceptors (Lipinski definition) is 2. The first-order valence-corrected chi connectivity index (χ1v) is 6.77. The Bertz CT molecular complexity index is 550. The summed E-state index contributed by atoms with van der Waals surface area (Å²) in [5.41, 5.74) is 1.19. The standard InChI is InChI=1S/C16H20ClNO2/c1-16(2,3)11-18(4)15(20)13-8-7-12(6-5-9-19)14(17)10-13/h7-8,10,19H,9,11H2,1-4H3. The highest BCUT2D eigenvalue weighted by atomic mass is 35.5. The van der Waals surface area contributed by atoms with Crippen molar-refractivity contribution in [3.05, 3.63) is 34.3 Å². The van der Waals surface area contributed by atoms with E-state index in [4.69, 9.17) is 16.7 Å². The first kappa shape index (κ1) is 16.6. The SMILES string of the molecule is CN(CC(C)(C)C)C(=O)c1ccc(C#CCO)c(Cl)c1. The van der Waals surface area contributed by atoms with Gasteiger partial charge in [0, 0.05) is 24.7 Å². The van der Waals surface area contributed by atoms with Gasteiger partial charge in [0.25, 0.3) is 5.91 Å². The van der Waals surface area contributed by atoms with Crippen LogP contribution >= 0.6 is 11.6 Å². The van der Waals surface area contributed by atoms with Crippen molar-refractivity contribution in [2.24, 2.45) is 5.41 Å². The number of aliphatic hydroxyl groups is 1. The molecule has 0 saturated carbocycles. The lowest BCUT2D eigenvalue weighted by Crippen LogP contribution is -2.34. The van der Waals surface area contributed by atoms with Crippen molar-refractivity contribution in [1.29, 1.82) is 0 Å². The minimum atomic E-state index is -0.217. The number of carbonyl (C=O) groups is 1. The van der Waals surface area contributed by atoms with Gasteiger partial charge in [0.05, 0.1) is 5.02 Å². The molecule has 0 bridgehead atoms. The fraction of sp³-hybridized carbons (Fsp3) is 0.438. The van der Waals surface area contributed by atoms with Gasteiger partial charge in [-0.25, -0.2) is 0 Å². The second-order valence-electron chi connectivity index (χ2n) is 5.88. The molecule has 3 nitrogen and oxygen atoms in total. The van der Waals surface area contributed by atoms with Crippen LogP contribution in [0.15, 0.2) is 18.2 Å². The fourth-order valence-corrected chi connectivity index (χ4v) is 2.12. The zero-order valence-electron chi connectivity index (χ0n) is 12.3. The molecule has 0 aliphatic carbocycles. The summed E-state index contributed by atoms with van der Waals surface area (Å²) in [6, 6.07) is 5.02. The number of halogens is 1. The fourth-order valence-electron chi connectivity index (χ4n) is 1.89. The first-order valence-electron chi connectivity index (χ1n) is 6.39. The molecule has 0 unspecified atom stereocenters. The van der Waals surface area contributed by atoms with Crippen LogP contribution in [0.4, 0.5) is 0 Å². The smallest absolute Gasteiger partial charge is 0.253 e. The van der Waals surface area contributed by atoms with Gasteiger partial charge in [0.1, 0.15) is 6.61 Å². The van der Waals surface area contributed by atoms with Gasteiger partial charge < -0.3 is 10.0 Å². The van der Waals surface area contributed by atoms with E-state index in [0.717, 1.165) is 0 Å². The van der Waals surface area contributed by atoms with Crippen LogP contribution in [0.2, 0.25) is 5.02 Å². The Morgan fingerprint density at radius 3 is 2.55 bits per heavy atom. The molecule has 0 aliphatic heterocycles. The van der Waals surface area contributed by atoms with Crippen LogP contribution in [0, 0.1) is 17.3 Å². The molecule has 0 fully saturated rings. The third kappa shape index (κ3) is 4.88. The van der Waals surface area contributed by atoms with E-state index in [-0.39, 0.29) is 17.9 Å². The van der Waals surface area contributed by atoms with Crippen LogP contribution in [0.1, 0.15) is 36.7 Å². The number of amides is 1. The molecule has 0 aromatic heterocycles. The second-order valence-corrected chi connectivity index (χ2v) is 6.28. The van der Waals surface area contributed by atoms with E-state index in [9.17, 15) is 4.79 Å². The molecular formula is C16H20ClNO2. The van der Waals surface area contributed by atoms with Crippen LogP contribution < -0.4 is 0 Å². The Kier molecular flexibility index (Phi) is 5.62. The minimum absolute atomic E-state index is 0.0424. The second kappa shape index (κ2) is 6.78. The molecule has 0 heterocycles. The third-order valence-electron chi connectivity index (χ3n) is 2.58. The van der Waals surface area contributed by atoms with Gasteiger partial charge in [-0.05, 0) is 23.6 Å². The summed E-state index contributed by atoms with van der Waals surface area (Å²) in [4.78, 5) is 14.0. The summed E-state index contributed by atoms with van der Waals surface area (Å²) in [7, 11) is 1.78. The summed E-state index contributed by atoms with van der Waals surface area (Å²) in [6.07, 6.45) is 0. The number of hydrogen-bond donors (Lipinski definition) is 1. The van der Waals surface area contributed by atoms with E-state index in [1.165, 1.54) is 0 Å². The minimum Gasteiger partial charge on any atom is -0.384 e. The quantitative estimate of drug-likeness (QED) is 0.852. The van der Waals surface area contributed by atoms with Crippen molar-refractivity contribution in [3.8, 4) is 11.8 Å². The number of benzene rings is 1. The maximum absolute atomic E-state index is 12.3. The van der Waals surface area contributed by atoms with Gasteiger partial charge in [0.2, 0.25) is 0 Å². The molecule has 1 rings (SSSR count). The van der Waals surface area contributed by atoms with E-state index in [1.54, 1.807) is 30.1 Å². The van der Waals surface area contributed by atoms with Crippen molar-refractivity contribution < 1.29 is 9.90 Å². The number of rotatable bonds is 2. The highest BCUT2D eigenvalue weighted by Crippen LogP contribution is 2.20. The number of aliphatic hydroxyl groups excluding tert-OH is 1. The van der Waals surface area contributed by atoms with Crippen LogP contribution in [0.3, 0.4) is 0 Å². The van der Waals surface area contributed by atoms with Crippen molar-refractivity contribution in [1.82, 2.24) is 4.90 Å². The van der Waals surface area contributed by atoms with E-state index in [1.807, 2.05) is 0 Å². The van der Waals surface area contributed by atoms with Gasteiger partial charge in [-0.15, -0.1) is 0 Å². The molecule has 1 N–H and O–H groups in total. The summed E-state index contributed by atoms with van der Waals surface area (Å²) >= 11 is 6.09. The maximum atomic E-state index is 12.3. The lowest BCUT2D eigenvalue weighted by atomic mass is 9.96. The summed E-state index contributed by atoms with van der Waals surface area (Å²) in [5, 5.41) is 9.08. The molecule has 20 heavy (non-hydrogen) atoms. The van der Waals surface area contributed by atoms with E-state index in [2.05, 4.69) is 32.6 Å². The van der Waals surface area contributed by atoms with Crippen molar-refractivity contribution >= 4 is 17.5 Å². The molecule has 0 aliphatic rings. The predicted octanol–water partition coefficient (Wildman–Crippen LogP) is 2.80. The molecule has 1 aromatic rings. The molecule has 0 radical (unpaired) electrons. The van der Waals surface area contributed by atoms with Gasteiger partial charge >= 0.3 is 0 Å². The Balaban J connectivity index is 2.92. The zero-order chi connectivity index (χ0) is 15.3. The van der Waals surface area contributed by atoms with Crippen LogP contribution in [-0.4, -0.2) is 36.1 Å². The Morgan fingerprint density at radius 1 is 1.40 bits per heavy atom. The highest BCUT2D eigenvalue weighted by molar-refractivity contribution is 6.32. The Labute approximate surface area is 125 Å². The normalized spacial score (nSPS) is 10.7. The molecule has 1 aromatic carbocycles. The first-order chi connectivity index (χ1) is 9.24. The Morgan fingerprint density at radius 2 is 2.05 bits per heavy atom. The van der Waals surface area contributed by atoms with Gasteiger partial charge in [-0.1, -0.05) is 44.2 Å². The van der Waals surface area contributed by atoms with Crippen LogP contribution in [0.25, 0.3) is 0 Å². The van der Waals surface area contributed by atoms with Gasteiger partial charge in [-0.3, -0.25) is 4.79 Å². The number of nitrogens with zero attached hydrogens (tertiary/aromatic N) is 1. The van der Waals surface area contributed by atoms with E-state index in [0.29, 0.717) is 22.7 Å². The average Bonchev–Trinajstić information content (AvgIpc) is 2.34. The summed E-state index contributed by atoms with van der Waals surface area (Å²) in [6.45, 7) is 6.69. The molecule has 108 valence electrons. The molecule has 0 saturated heterocycles. The largest absolute Gasteiger partial charge is 0.384 e. The van der Waals surface area contributed by atoms with Crippen LogP contribution in [-0.2, 0) is 0 Å². The molecular weight excluding hydrogens is 274 g/mol. The predicted molar refractivity (Wildman–Crippen MR) is 81.8 cm³/mol. The van der Waals surface area contributed by atoms with Crippen LogP contribution in [0.5, 0.6) is 0 Å². The average molecular weight is 294 g/mol. The van der Waals surface area contributed by atoms with Crippen molar-refractivity contribution in [3.63, 3.8) is 0 Å².